The molecule has 1 aliphatic heterocycles. The third-order valence-electron chi connectivity index (χ3n) is 7.00. The van der Waals surface area contributed by atoms with Gasteiger partial charge in [0.2, 0.25) is 15.9 Å². The van der Waals surface area contributed by atoms with Gasteiger partial charge in [0.1, 0.15) is 5.75 Å². The molecule has 0 atom stereocenters. The fourth-order valence-electron chi connectivity index (χ4n) is 4.94. The number of amides is 1. The molecule has 0 aliphatic carbocycles. The number of benzene rings is 3. The molecule has 3 aromatic carbocycles. The minimum absolute atomic E-state index is 0.0104. The van der Waals surface area contributed by atoms with Crippen LogP contribution in [0.4, 0.5) is 5.13 Å². The topological polar surface area (TPSA) is 79.8 Å². The van der Waals surface area contributed by atoms with Crippen LogP contribution in [-0.2, 0) is 21.4 Å². The summed E-state index contributed by atoms with van der Waals surface area (Å²) >= 11 is 1.53. The van der Waals surface area contributed by atoms with Gasteiger partial charge in [-0.2, -0.15) is 4.31 Å². The number of aryl methyl sites for hydroxylation is 2. The Morgan fingerprint density at radius 2 is 1.74 bits per heavy atom. The summed E-state index contributed by atoms with van der Waals surface area (Å²) in [6.07, 6.45) is 0.922. The van der Waals surface area contributed by atoms with Crippen molar-refractivity contribution in [3.05, 3.63) is 83.4 Å². The highest BCUT2D eigenvalue weighted by atomic mass is 32.2. The molecule has 0 unspecified atom stereocenters. The molecule has 1 fully saturated rings. The highest BCUT2D eigenvalue weighted by molar-refractivity contribution is 7.89. The molecule has 38 heavy (non-hydrogen) atoms. The number of carbonyl (C=O) groups is 1. The Hall–Kier alpha value is -3.27. The van der Waals surface area contributed by atoms with Gasteiger partial charge >= 0.3 is 0 Å². The Labute approximate surface area is 227 Å². The Morgan fingerprint density at radius 1 is 1.05 bits per heavy atom. The highest BCUT2D eigenvalue weighted by Gasteiger charge is 2.35. The second-order valence-electron chi connectivity index (χ2n) is 9.69. The van der Waals surface area contributed by atoms with Crippen molar-refractivity contribution in [1.29, 1.82) is 0 Å². The van der Waals surface area contributed by atoms with Crippen LogP contribution >= 0.6 is 11.3 Å². The number of rotatable bonds is 7. The molecule has 5 rings (SSSR count). The zero-order chi connectivity index (χ0) is 26.9. The second-order valence-corrected chi connectivity index (χ2v) is 12.6. The first-order valence-electron chi connectivity index (χ1n) is 12.6. The summed E-state index contributed by atoms with van der Waals surface area (Å²) in [5, 5.41) is 0.677. The predicted octanol–water partition coefficient (Wildman–Crippen LogP) is 5.56. The number of anilines is 1. The molecular weight excluding hydrogens is 518 g/mol. The lowest BCUT2D eigenvalue weighted by atomic mass is 9.96. The number of thiazole rings is 1. The second kappa shape index (κ2) is 10.8. The summed E-state index contributed by atoms with van der Waals surface area (Å²) in [7, 11) is -2.10. The van der Waals surface area contributed by atoms with Crippen molar-refractivity contribution < 1.29 is 17.9 Å². The summed E-state index contributed by atoms with van der Waals surface area (Å²) in [4.78, 5) is 20.8. The van der Waals surface area contributed by atoms with Gasteiger partial charge in [-0.15, -0.1) is 0 Å². The van der Waals surface area contributed by atoms with Crippen molar-refractivity contribution in [2.75, 3.05) is 25.1 Å². The largest absolute Gasteiger partial charge is 0.497 e. The number of carbonyl (C=O) groups excluding carboxylic acids is 1. The van der Waals surface area contributed by atoms with Crippen molar-refractivity contribution >= 4 is 42.6 Å². The van der Waals surface area contributed by atoms with Gasteiger partial charge in [0, 0.05) is 19.0 Å². The first-order chi connectivity index (χ1) is 18.3. The Balaban J connectivity index is 1.37. The number of methoxy groups -OCH3 is 1. The maximum Gasteiger partial charge on any atom is 0.243 e. The van der Waals surface area contributed by atoms with Crippen molar-refractivity contribution in [2.45, 2.75) is 38.1 Å². The predicted molar refractivity (Wildman–Crippen MR) is 151 cm³/mol. The van der Waals surface area contributed by atoms with Gasteiger partial charge in [0.05, 0.1) is 28.8 Å². The van der Waals surface area contributed by atoms with E-state index in [4.69, 9.17) is 9.72 Å². The third-order valence-corrected chi connectivity index (χ3v) is 9.94. The van der Waals surface area contributed by atoms with Gasteiger partial charge in [-0.1, -0.05) is 47.7 Å². The van der Waals surface area contributed by atoms with Crippen molar-refractivity contribution in [3.63, 3.8) is 0 Å². The molecule has 198 valence electrons. The fraction of sp³-hybridized carbons (Fsp3) is 0.310. The van der Waals surface area contributed by atoms with E-state index in [0.29, 0.717) is 43.4 Å². The van der Waals surface area contributed by atoms with Crippen LogP contribution in [0.5, 0.6) is 5.75 Å². The van der Waals surface area contributed by atoms with Crippen LogP contribution in [0.25, 0.3) is 10.2 Å². The average molecular weight is 550 g/mol. The van der Waals surface area contributed by atoms with Crippen LogP contribution < -0.4 is 9.64 Å². The molecule has 0 radical (unpaired) electrons. The zero-order valence-electron chi connectivity index (χ0n) is 21.8. The molecule has 9 heteroatoms. The van der Waals surface area contributed by atoms with Crippen LogP contribution in [0.2, 0.25) is 0 Å². The van der Waals surface area contributed by atoms with E-state index in [0.717, 1.165) is 26.9 Å². The standard InChI is InChI=1S/C29H31N3O4S2/c1-20-17-21(2)27-26(18-20)37-29(30-27)32(19-22-7-5-4-6-8-22)28(33)23-13-15-31(16-14-23)38(34,35)25-11-9-24(36-3)10-12-25/h4-12,17-18,23H,13-16,19H2,1-3H3. The average Bonchev–Trinajstić information content (AvgIpc) is 3.36. The molecule has 1 saturated heterocycles. The minimum atomic E-state index is -3.64. The zero-order valence-corrected chi connectivity index (χ0v) is 23.4. The molecule has 1 aliphatic rings. The number of sulfonamides is 1. The molecule has 0 N–H and O–H groups in total. The number of ether oxygens (including phenoxy) is 1. The van der Waals surface area contributed by atoms with Gasteiger partial charge in [0.25, 0.3) is 0 Å². The summed E-state index contributed by atoms with van der Waals surface area (Å²) in [5.41, 5.74) is 4.19. The maximum atomic E-state index is 13.9. The van der Waals surface area contributed by atoms with E-state index in [9.17, 15) is 13.2 Å². The van der Waals surface area contributed by atoms with E-state index < -0.39 is 10.0 Å². The van der Waals surface area contributed by atoms with Crippen LogP contribution in [0.3, 0.4) is 0 Å². The summed E-state index contributed by atoms with van der Waals surface area (Å²) in [5.74, 6) is 0.312. The van der Waals surface area contributed by atoms with Gasteiger partial charge in [0.15, 0.2) is 5.13 Å². The van der Waals surface area contributed by atoms with Crippen LogP contribution in [0.1, 0.15) is 29.5 Å². The first kappa shape index (κ1) is 26.3. The molecule has 0 bridgehead atoms. The molecule has 1 aromatic heterocycles. The van der Waals surface area contributed by atoms with Crippen molar-refractivity contribution in [3.8, 4) is 5.75 Å². The van der Waals surface area contributed by atoms with E-state index in [-0.39, 0.29) is 16.7 Å². The molecule has 7 nitrogen and oxygen atoms in total. The van der Waals surface area contributed by atoms with E-state index in [1.165, 1.54) is 15.6 Å². The lowest BCUT2D eigenvalue weighted by molar-refractivity contribution is -0.123. The number of hydrogen-bond donors (Lipinski definition) is 0. The van der Waals surface area contributed by atoms with E-state index in [1.54, 1.807) is 36.3 Å². The molecule has 2 heterocycles. The third kappa shape index (κ3) is 5.32. The number of fused-ring (bicyclic) bond motifs is 1. The smallest absolute Gasteiger partial charge is 0.243 e. The summed E-state index contributed by atoms with van der Waals surface area (Å²) in [6, 6.07) is 20.5. The quantitative estimate of drug-likeness (QED) is 0.302. The van der Waals surface area contributed by atoms with Gasteiger partial charge in [-0.05, 0) is 73.7 Å². The lowest BCUT2D eigenvalue weighted by Gasteiger charge is -2.33. The SMILES string of the molecule is COc1ccc(S(=O)(=O)N2CCC(C(=O)N(Cc3ccccc3)c3nc4c(C)cc(C)cc4s3)CC2)cc1. The maximum absolute atomic E-state index is 13.9. The number of hydrogen-bond acceptors (Lipinski definition) is 6. The van der Waals surface area contributed by atoms with Crippen molar-refractivity contribution in [1.82, 2.24) is 9.29 Å². The summed E-state index contributed by atoms with van der Waals surface area (Å²) < 4.78 is 34.1. The first-order valence-corrected chi connectivity index (χ1v) is 14.9. The molecule has 0 saturated carbocycles. The van der Waals surface area contributed by atoms with E-state index in [2.05, 4.69) is 19.1 Å². The molecule has 0 spiro atoms. The molecular formula is C29H31N3O4S2. The number of aromatic nitrogens is 1. The highest BCUT2D eigenvalue weighted by Crippen LogP contribution is 2.35. The summed E-state index contributed by atoms with van der Waals surface area (Å²) in [6.45, 7) is 5.11. The Kier molecular flexibility index (Phi) is 7.52. The van der Waals surface area contributed by atoms with Crippen LogP contribution in [0.15, 0.2) is 71.6 Å². The van der Waals surface area contributed by atoms with Gasteiger partial charge in [-0.3, -0.25) is 9.69 Å². The van der Waals surface area contributed by atoms with Crippen LogP contribution in [-0.4, -0.2) is 43.8 Å². The van der Waals surface area contributed by atoms with Gasteiger partial charge in [-0.25, -0.2) is 13.4 Å². The Morgan fingerprint density at radius 3 is 2.39 bits per heavy atom. The van der Waals surface area contributed by atoms with Gasteiger partial charge < -0.3 is 4.74 Å². The minimum Gasteiger partial charge on any atom is -0.497 e. The molecule has 4 aromatic rings. The van der Waals surface area contributed by atoms with E-state index >= 15 is 0 Å². The van der Waals surface area contributed by atoms with Crippen molar-refractivity contribution in [2.24, 2.45) is 5.92 Å². The normalized spacial score (nSPS) is 15.0. The number of piperidine rings is 1. The number of nitrogens with zero attached hydrogens (tertiary/aromatic N) is 3. The van der Waals surface area contributed by atoms with Crippen LogP contribution in [0, 0.1) is 19.8 Å². The fourth-order valence-corrected chi connectivity index (χ4v) is 7.56. The molecule has 1 amide bonds. The van der Waals surface area contributed by atoms with E-state index in [1.807, 2.05) is 37.3 Å². The lowest BCUT2D eigenvalue weighted by Crippen LogP contribution is -2.44. The monoisotopic (exact) mass is 549 g/mol. The Bertz CT molecular complexity index is 1540.